The molecule has 10 aromatic rings. The number of benzene rings is 10. The van der Waals surface area contributed by atoms with Crippen LogP contribution in [0.4, 0.5) is 34.1 Å². The van der Waals surface area contributed by atoms with Crippen molar-refractivity contribution in [1.82, 2.24) is 0 Å². The van der Waals surface area contributed by atoms with E-state index in [-0.39, 0.29) is 0 Å². The number of rotatable bonds is 8. The molecule has 0 aliphatic carbocycles. The molecular formula is C54H40N2. The van der Waals surface area contributed by atoms with E-state index in [0.717, 1.165) is 22.7 Å². The van der Waals surface area contributed by atoms with Gasteiger partial charge in [0.1, 0.15) is 0 Å². The number of hydrogen-bond acceptors (Lipinski definition) is 2. The zero-order chi connectivity index (χ0) is 37.6. The number of anilines is 6. The first-order valence-corrected chi connectivity index (χ1v) is 19.3. The summed E-state index contributed by atoms with van der Waals surface area (Å²) in [6, 6.07) is 75.1. The summed E-state index contributed by atoms with van der Waals surface area (Å²) in [4.78, 5) is 4.83. The fourth-order valence-corrected chi connectivity index (χ4v) is 8.39. The van der Waals surface area contributed by atoms with Gasteiger partial charge in [-0.15, -0.1) is 0 Å². The minimum Gasteiger partial charge on any atom is -0.310 e. The van der Waals surface area contributed by atoms with Crippen LogP contribution in [-0.2, 0) is 0 Å². The summed E-state index contributed by atoms with van der Waals surface area (Å²) < 4.78 is 0. The fraction of sp³-hybridized carbons (Fsp3) is 0.0370. The largest absolute Gasteiger partial charge is 0.310 e. The van der Waals surface area contributed by atoms with Gasteiger partial charge in [0.25, 0.3) is 0 Å². The molecule has 0 radical (unpaired) electrons. The maximum absolute atomic E-state index is 2.41. The minimum atomic E-state index is 1.13. The van der Waals surface area contributed by atoms with Crippen molar-refractivity contribution in [3.63, 3.8) is 0 Å². The van der Waals surface area contributed by atoms with Crippen molar-refractivity contribution in [3.05, 3.63) is 217 Å². The SMILES string of the molecule is Cc1ccc(-c2ccccc2)cc1N(c1ccccc1)c1cc2ccc3cc(N(c4ccccc4)c4cc(-c5ccccc5)ccc4C)cc4ccc(c1)c2c34. The van der Waals surface area contributed by atoms with Crippen LogP contribution >= 0.6 is 0 Å². The van der Waals surface area contributed by atoms with Crippen LogP contribution in [0.3, 0.4) is 0 Å². The predicted octanol–water partition coefficient (Wildman–Crippen LogP) is 15.5. The maximum atomic E-state index is 2.41. The zero-order valence-corrected chi connectivity index (χ0v) is 31.5. The highest BCUT2D eigenvalue weighted by atomic mass is 15.1. The molecule has 0 aromatic heterocycles. The maximum Gasteiger partial charge on any atom is 0.0496 e. The van der Waals surface area contributed by atoms with Crippen molar-refractivity contribution in [3.8, 4) is 22.3 Å². The summed E-state index contributed by atoms with van der Waals surface area (Å²) in [6.07, 6.45) is 0. The standard InChI is InChI=1S/C54H40N2/c1-37-23-25-41(39-15-7-3-8-16-39)35-51(37)55(47-19-11-5-12-20-47)49-31-43-27-29-45-33-50(34-46-30-28-44(32-49)53(43)54(45)46)56(48-21-13-6-14-22-48)52-36-42(26-24-38(52)2)40-17-9-4-10-18-40/h3-36H,1-2H3. The normalized spacial score (nSPS) is 11.4. The Bertz CT molecular complexity index is 2700. The Hall–Kier alpha value is -7.16. The molecule has 10 rings (SSSR count). The van der Waals surface area contributed by atoms with Crippen molar-refractivity contribution in [2.24, 2.45) is 0 Å². The first-order valence-electron chi connectivity index (χ1n) is 19.3. The number of aryl methyl sites for hydroxylation is 2. The Morgan fingerprint density at radius 2 is 0.589 bits per heavy atom. The molecule has 2 nitrogen and oxygen atoms in total. The topological polar surface area (TPSA) is 6.48 Å². The third-order valence-corrected chi connectivity index (χ3v) is 11.2. The predicted molar refractivity (Wildman–Crippen MR) is 240 cm³/mol. The van der Waals surface area contributed by atoms with E-state index in [2.05, 4.69) is 230 Å². The number of hydrogen-bond donors (Lipinski definition) is 0. The van der Waals surface area contributed by atoms with Gasteiger partial charge < -0.3 is 9.80 Å². The van der Waals surface area contributed by atoms with Gasteiger partial charge in [0.2, 0.25) is 0 Å². The lowest BCUT2D eigenvalue weighted by Crippen LogP contribution is -2.12. The van der Waals surface area contributed by atoms with Crippen molar-refractivity contribution in [2.45, 2.75) is 13.8 Å². The van der Waals surface area contributed by atoms with Gasteiger partial charge in [-0.05, 0) is 140 Å². The first kappa shape index (κ1) is 33.4. The molecule has 2 heteroatoms. The monoisotopic (exact) mass is 716 g/mol. The molecule has 0 heterocycles. The average molecular weight is 717 g/mol. The molecule has 0 fully saturated rings. The lowest BCUT2D eigenvalue weighted by atomic mass is 9.92. The van der Waals surface area contributed by atoms with E-state index in [1.54, 1.807) is 0 Å². The Balaban J connectivity index is 1.13. The Kier molecular flexibility index (Phi) is 8.30. The molecule has 0 atom stereocenters. The molecule has 0 N–H and O–H groups in total. The van der Waals surface area contributed by atoms with E-state index in [4.69, 9.17) is 0 Å². The molecule has 0 aliphatic rings. The summed E-state index contributed by atoms with van der Waals surface area (Å²) >= 11 is 0. The Morgan fingerprint density at radius 1 is 0.268 bits per heavy atom. The summed E-state index contributed by atoms with van der Waals surface area (Å²) in [7, 11) is 0. The van der Waals surface area contributed by atoms with Gasteiger partial charge in [-0.25, -0.2) is 0 Å². The molecule has 266 valence electrons. The fourth-order valence-electron chi connectivity index (χ4n) is 8.39. The van der Waals surface area contributed by atoms with Crippen LogP contribution < -0.4 is 9.80 Å². The molecule has 10 aromatic carbocycles. The van der Waals surface area contributed by atoms with Gasteiger partial charge >= 0.3 is 0 Å². The summed E-state index contributed by atoms with van der Waals surface area (Å²) in [6.45, 7) is 4.42. The van der Waals surface area contributed by atoms with Crippen molar-refractivity contribution < 1.29 is 0 Å². The molecule has 0 saturated carbocycles. The van der Waals surface area contributed by atoms with E-state index in [0.29, 0.717) is 0 Å². The molecule has 0 unspecified atom stereocenters. The third kappa shape index (κ3) is 5.93. The highest BCUT2D eigenvalue weighted by molar-refractivity contribution is 6.24. The lowest BCUT2D eigenvalue weighted by Gasteiger charge is -2.29. The van der Waals surface area contributed by atoms with Gasteiger partial charge in [0.15, 0.2) is 0 Å². The summed E-state index contributed by atoms with van der Waals surface area (Å²) in [5.41, 5.74) is 14.1. The van der Waals surface area contributed by atoms with Crippen LogP contribution in [0.25, 0.3) is 54.6 Å². The van der Waals surface area contributed by atoms with Crippen LogP contribution in [0, 0.1) is 13.8 Å². The van der Waals surface area contributed by atoms with E-state index in [1.807, 2.05) is 0 Å². The molecule has 0 amide bonds. The van der Waals surface area contributed by atoms with Crippen molar-refractivity contribution in [2.75, 3.05) is 9.80 Å². The Morgan fingerprint density at radius 3 is 0.929 bits per heavy atom. The van der Waals surface area contributed by atoms with Crippen molar-refractivity contribution >= 4 is 66.4 Å². The summed E-state index contributed by atoms with van der Waals surface area (Å²) in [5.74, 6) is 0. The lowest BCUT2D eigenvalue weighted by molar-refractivity contribution is 1.26. The Labute approximate surface area is 328 Å². The molecule has 0 spiro atoms. The molecule has 0 saturated heterocycles. The van der Waals surface area contributed by atoms with E-state index in [9.17, 15) is 0 Å². The molecule has 0 bridgehead atoms. The molecule has 56 heavy (non-hydrogen) atoms. The summed E-state index contributed by atoms with van der Waals surface area (Å²) in [5, 5.41) is 7.51. The van der Waals surface area contributed by atoms with E-state index >= 15 is 0 Å². The van der Waals surface area contributed by atoms with Crippen LogP contribution in [0.15, 0.2) is 206 Å². The number of para-hydroxylation sites is 2. The third-order valence-electron chi connectivity index (χ3n) is 11.2. The second-order valence-corrected chi connectivity index (χ2v) is 14.7. The zero-order valence-electron chi connectivity index (χ0n) is 31.5. The molecular weight excluding hydrogens is 677 g/mol. The van der Waals surface area contributed by atoms with E-state index in [1.165, 1.54) is 77.1 Å². The molecule has 0 aliphatic heterocycles. The number of nitrogens with zero attached hydrogens (tertiary/aromatic N) is 2. The van der Waals surface area contributed by atoms with Crippen LogP contribution in [0.2, 0.25) is 0 Å². The second-order valence-electron chi connectivity index (χ2n) is 14.7. The van der Waals surface area contributed by atoms with Crippen LogP contribution in [0.1, 0.15) is 11.1 Å². The van der Waals surface area contributed by atoms with Gasteiger partial charge in [-0.1, -0.05) is 146 Å². The van der Waals surface area contributed by atoms with Gasteiger partial charge in [-0.3, -0.25) is 0 Å². The van der Waals surface area contributed by atoms with E-state index < -0.39 is 0 Å². The highest BCUT2D eigenvalue weighted by Crippen LogP contribution is 2.46. The highest BCUT2D eigenvalue weighted by Gasteiger charge is 2.21. The quantitative estimate of drug-likeness (QED) is 0.144. The average Bonchev–Trinajstić information content (AvgIpc) is 3.25. The smallest absolute Gasteiger partial charge is 0.0496 e. The second kappa shape index (κ2) is 13.9. The van der Waals surface area contributed by atoms with Crippen LogP contribution in [-0.4, -0.2) is 0 Å². The van der Waals surface area contributed by atoms with Gasteiger partial charge in [-0.2, -0.15) is 0 Å². The minimum absolute atomic E-state index is 1.13. The van der Waals surface area contributed by atoms with Crippen LogP contribution in [0.5, 0.6) is 0 Å². The first-order chi connectivity index (χ1) is 27.6. The van der Waals surface area contributed by atoms with Gasteiger partial charge in [0.05, 0.1) is 0 Å². The van der Waals surface area contributed by atoms with Gasteiger partial charge in [0, 0.05) is 34.1 Å². The van der Waals surface area contributed by atoms with Crippen molar-refractivity contribution in [1.29, 1.82) is 0 Å².